The summed E-state index contributed by atoms with van der Waals surface area (Å²) in [6.45, 7) is 2.49. The average Bonchev–Trinajstić information content (AvgIpc) is 2.89. The third-order valence-corrected chi connectivity index (χ3v) is 9.87. The minimum atomic E-state index is -3.61. The maximum absolute atomic E-state index is 13.1. The zero-order valence-electron chi connectivity index (χ0n) is 19.7. The number of benzene rings is 2. The number of anilines is 4. The molecule has 3 aromatic rings. The van der Waals surface area contributed by atoms with Gasteiger partial charge in [-0.1, -0.05) is 34.4 Å². The Kier molecular flexibility index (Phi) is 7.42. The van der Waals surface area contributed by atoms with Crippen molar-refractivity contribution in [3.8, 4) is 0 Å². The number of halogens is 1. The van der Waals surface area contributed by atoms with E-state index in [1.165, 1.54) is 10.4 Å². The first-order chi connectivity index (χ1) is 17.4. The monoisotopic (exact) mass is 545 g/mol. The Balaban J connectivity index is 1.35. The molecule has 3 N–H and O–H groups in total. The maximum Gasteiger partial charge on any atom is 0.243 e. The lowest BCUT2D eigenvalue weighted by molar-refractivity contribution is 0.385. The number of aromatic nitrogens is 2. The van der Waals surface area contributed by atoms with Crippen molar-refractivity contribution in [2.24, 2.45) is 0 Å². The van der Waals surface area contributed by atoms with Crippen LogP contribution in [0.5, 0.6) is 0 Å². The molecule has 1 aromatic heterocycles. The zero-order chi connectivity index (χ0) is 25.1. The average molecular weight is 546 g/mol. The van der Waals surface area contributed by atoms with Crippen molar-refractivity contribution in [3.05, 3.63) is 59.8 Å². The molecule has 2 aliphatic heterocycles. The van der Waals surface area contributed by atoms with E-state index in [-0.39, 0.29) is 4.90 Å². The molecule has 12 heteroatoms. The van der Waals surface area contributed by atoms with Crippen LogP contribution in [0.3, 0.4) is 0 Å². The molecule has 4 bridgehead atoms. The fourth-order valence-corrected chi connectivity index (χ4v) is 7.26. The van der Waals surface area contributed by atoms with Crippen LogP contribution in [0.15, 0.2) is 64.5 Å². The minimum absolute atomic E-state index is 0.210. The lowest BCUT2D eigenvalue weighted by Gasteiger charge is -2.35. The third kappa shape index (κ3) is 5.49. The van der Waals surface area contributed by atoms with Gasteiger partial charge in [0.15, 0.2) is 5.82 Å². The number of sulfonamides is 1. The molecule has 0 amide bonds. The van der Waals surface area contributed by atoms with Crippen LogP contribution in [0, 0.1) is 4.78 Å². The molecular formula is C24H28ClN7O2S2. The smallest absolute Gasteiger partial charge is 0.243 e. The molecule has 1 atom stereocenters. The van der Waals surface area contributed by atoms with Crippen molar-refractivity contribution in [3.63, 3.8) is 0 Å². The number of hydrogen-bond donors (Lipinski definition) is 3. The predicted octanol–water partition coefficient (Wildman–Crippen LogP) is 4.33. The Morgan fingerprint density at radius 3 is 2.64 bits per heavy atom. The topological polar surface area (TPSA) is 114 Å². The lowest BCUT2D eigenvalue weighted by Crippen LogP contribution is -2.48. The fraction of sp³-hybridized carbons (Fsp3) is 0.333. The van der Waals surface area contributed by atoms with Crippen molar-refractivity contribution in [1.82, 2.24) is 14.3 Å². The third-order valence-electron chi connectivity index (χ3n) is 6.23. The van der Waals surface area contributed by atoms with Crippen LogP contribution in [0.1, 0.15) is 12.8 Å². The lowest BCUT2D eigenvalue weighted by atomic mass is 10.3. The number of fused-ring (bicyclic) bond motifs is 4. The molecule has 5 rings (SSSR count). The number of rotatable bonds is 3. The van der Waals surface area contributed by atoms with Crippen molar-refractivity contribution < 1.29 is 8.42 Å². The van der Waals surface area contributed by atoms with Gasteiger partial charge in [0.2, 0.25) is 16.0 Å². The van der Waals surface area contributed by atoms with Crippen molar-refractivity contribution in [1.29, 1.82) is 4.78 Å². The largest absolute Gasteiger partial charge is 0.368 e. The first-order valence-electron chi connectivity index (χ1n) is 11.8. The molecule has 3 heterocycles. The molecule has 0 aliphatic carbocycles. The summed E-state index contributed by atoms with van der Waals surface area (Å²) in [6.07, 6.45) is 3.67. The van der Waals surface area contributed by atoms with Crippen LogP contribution in [0.4, 0.5) is 23.1 Å². The Labute approximate surface area is 218 Å². The van der Waals surface area contributed by atoms with Gasteiger partial charge in [0.1, 0.15) is 0 Å². The second-order valence-corrected chi connectivity index (χ2v) is 12.7. The summed E-state index contributed by atoms with van der Waals surface area (Å²) in [7, 11) is -4.16. The van der Waals surface area contributed by atoms with Crippen LogP contribution >= 0.6 is 11.6 Å². The fourth-order valence-electron chi connectivity index (χ4n) is 4.30. The van der Waals surface area contributed by atoms with Gasteiger partial charge in [-0.25, -0.2) is 13.4 Å². The van der Waals surface area contributed by atoms with Crippen molar-refractivity contribution >= 4 is 55.5 Å². The highest BCUT2D eigenvalue weighted by Crippen LogP contribution is 2.29. The van der Waals surface area contributed by atoms with E-state index >= 15 is 0 Å². The van der Waals surface area contributed by atoms with Crippen LogP contribution < -0.4 is 15.5 Å². The van der Waals surface area contributed by atoms with Gasteiger partial charge in [0.05, 0.1) is 16.8 Å². The van der Waals surface area contributed by atoms with E-state index in [0.717, 1.165) is 47.2 Å². The van der Waals surface area contributed by atoms with E-state index in [1.807, 2.05) is 24.3 Å². The Morgan fingerprint density at radius 1 is 1.03 bits per heavy atom. The van der Waals surface area contributed by atoms with Crippen molar-refractivity contribution in [2.75, 3.05) is 54.0 Å². The van der Waals surface area contributed by atoms with E-state index in [9.17, 15) is 8.42 Å². The van der Waals surface area contributed by atoms with Crippen LogP contribution in [0.25, 0.3) is 0 Å². The quantitative estimate of drug-likeness (QED) is 0.449. The number of nitrogens with one attached hydrogen (secondary N) is 3. The van der Waals surface area contributed by atoms with E-state index < -0.39 is 20.7 Å². The van der Waals surface area contributed by atoms with E-state index in [4.69, 9.17) is 21.4 Å². The predicted molar refractivity (Wildman–Crippen MR) is 145 cm³/mol. The highest BCUT2D eigenvalue weighted by Gasteiger charge is 2.30. The minimum Gasteiger partial charge on any atom is -0.368 e. The van der Waals surface area contributed by atoms with Gasteiger partial charge in [-0.2, -0.15) is 9.29 Å². The molecule has 0 spiro atoms. The van der Waals surface area contributed by atoms with Gasteiger partial charge in [-0.15, -0.1) is 0 Å². The van der Waals surface area contributed by atoms with E-state index in [2.05, 4.69) is 20.5 Å². The zero-order valence-corrected chi connectivity index (χ0v) is 22.0. The van der Waals surface area contributed by atoms with Gasteiger partial charge < -0.3 is 15.5 Å². The molecule has 36 heavy (non-hydrogen) atoms. The first-order valence-corrected chi connectivity index (χ1v) is 15.0. The summed E-state index contributed by atoms with van der Waals surface area (Å²) in [6, 6.07) is 14.3. The van der Waals surface area contributed by atoms with Crippen molar-refractivity contribution in [2.45, 2.75) is 22.6 Å². The molecule has 1 saturated heterocycles. The second kappa shape index (κ2) is 10.7. The molecule has 1 fully saturated rings. The van der Waals surface area contributed by atoms with E-state index in [1.54, 1.807) is 24.4 Å². The van der Waals surface area contributed by atoms with Crippen LogP contribution in [0.2, 0.25) is 5.02 Å². The number of hydrogen-bond acceptors (Lipinski definition) is 8. The summed E-state index contributed by atoms with van der Waals surface area (Å²) in [5.74, 6) is 2.02. The Hall–Kier alpha value is -2.73. The van der Waals surface area contributed by atoms with Crippen LogP contribution in [-0.2, 0) is 20.7 Å². The highest BCUT2D eigenvalue weighted by atomic mass is 35.5. The van der Waals surface area contributed by atoms with Gasteiger partial charge in [-0.3, -0.25) is 4.78 Å². The molecule has 0 radical (unpaired) electrons. The molecular weight excluding hydrogens is 518 g/mol. The van der Waals surface area contributed by atoms with Gasteiger partial charge in [-0.05, 0) is 49.2 Å². The Bertz CT molecular complexity index is 1380. The van der Waals surface area contributed by atoms with E-state index in [0.29, 0.717) is 37.1 Å². The van der Waals surface area contributed by atoms with Gasteiger partial charge in [0.25, 0.3) is 0 Å². The number of piperazine rings is 1. The molecule has 2 aliphatic rings. The molecule has 0 saturated carbocycles. The highest BCUT2D eigenvalue weighted by molar-refractivity contribution is 7.89. The van der Waals surface area contributed by atoms with Gasteiger partial charge in [0, 0.05) is 54.1 Å². The summed E-state index contributed by atoms with van der Waals surface area (Å²) in [5.41, 5.74) is 1.71. The normalized spacial score (nSPS) is 19.2. The standard InChI is InChI=1S/C24H28ClN7O2S2/c25-18-5-3-8-21(15-18)36(33,34)32-12-10-31(11-13-32)22-17-28-24-29-19-6-4-7-20(16-19)35(26)14-2-1-9-27-23(22)30-24/h3-8,15-17,26H,1-2,9-14H2,(H2,27,28,29,30). The first kappa shape index (κ1) is 24.9. The molecule has 9 nitrogen and oxygen atoms in total. The summed E-state index contributed by atoms with van der Waals surface area (Å²) >= 11 is 6.02. The summed E-state index contributed by atoms with van der Waals surface area (Å²) in [5, 5.41) is 7.11. The molecule has 190 valence electrons. The summed E-state index contributed by atoms with van der Waals surface area (Å²) in [4.78, 5) is 12.6. The molecule has 2 aromatic carbocycles. The SMILES string of the molecule is N=S1CCCCNc2nc(ncc2N2CCN(S(=O)(=O)c3cccc(Cl)c3)CC2)Nc2cccc1c2. The number of nitrogens with zero attached hydrogens (tertiary/aromatic N) is 4. The van der Waals surface area contributed by atoms with Crippen LogP contribution in [-0.4, -0.2) is 61.2 Å². The summed E-state index contributed by atoms with van der Waals surface area (Å²) < 4.78 is 36.2. The van der Waals surface area contributed by atoms with Gasteiger partial charge >= 0.3 is 0 Å². The molecule has 1 unspecified atom stereocenters. The maximum atomic E-state index is 13.1. The Morgan fingerprint density at radius 2 is 1.83 bits per heavy atom. The second-order valence-electron chi connectivity index (χ2n) is 8.66.